The van der Waals surface area contributed by atoms with Gasteiger partial charge in [-0.15, -0.1) is 0 Å². The van der Waals surface area contributed by atoms with Crippen molar-refractivity contribution in [3.63, 3.8) is 0 Å². The van der Waals surface area contributed by atoms with Gasteiger partial charge in [-0.2, -0.15) is 0 Å². The number of allylic oxidation sites excluding steroid dienone is 1. The fraction of sp³-hybridized carbons (Fsp3) is 0.357. The minimum Gasteiger partial charge on any atom is -0.295 e. The Morgan fingerprint density at radius 2 is 1.87 bits per heavy atom. The van der Waals surface area contributed by atoms with Crippen molar-refractivity contribution in [3.05, 3.63) is 41.5 Å². The smallest absolute Gasteiger partial charge is 0.155 e. The molecule has 0 amide bonds. The third-order valence-corrected chi connectivity index (χ3v) is 2.15. The summed E-state index contributed by atoms with van der Waals surface area (Å²) in [5.41, 5.74) is 2.32. The second kappa shape index (κ2) is 5.50. The van der Waals surface area contributed by atoms with Gasteiger partial charge in [0.2, 0.25) is 0 Å². The van der Waals surface area contributed by atoms with E-state index in [9.17, 15) is 4.79 Å². The second-order valence-electron chi connectivity index (χ2n) is 4.31. The van der Waals surface area contributed by atoms with Crippen LogP contribution in [-0.2, 0) is 4.79 Å². The van der Waals surface area contributed by atoms with Crippen LogP contribution in [0.15, 0.2) is 30.3 Å². The summed E-state index contributed by atoms with van der Waals surface area (Å²) in [6, 6.07) is 8.14. The van der Waals surface area contributed by atoms with E-state index in [1.165, 1.54) is 5.56 Å². The second-order valence-corrected chi connectivity index (χ2v) is 4.31. The molecule has 0 heterocycles. The summed E-state index contributed by atoms with van der Waals surface area (Å²) >= 11 is 0. The summed E-state index contributed by atoms with van der Waals surface area (Å²) in [4.78, 5) is 11.4. The minimum absolute atomic E-state index is 0.200. The van der Waals surface area contributed by atoms with E-state index >= 15 is 0 Å². The van der Waals surface area contributed by atoms with Crippen molar-refractivity contribution < 1.29 is 4.79 Å². The monoisotopic (exact) mass is 202 g/mol. The molecule has 0 saturated carbocycles. The normalized spacial score (nSPS) is 11.2. The van der Waals surface area contributed by atoms with Gasteiger partial charge in [0.05, 0.1) is 0 Å². The van der Waals surface area contributed by atoms with Crippen LogP contribution in [0.1, 0.15) is 31.4 Å². The number of hydrogen-bond acceptors (Lipinski definition) is 1. The molecule has 80 valence electrons. The maximum Gasteiger partial charge on any atom is 0.155 e. The number of aryl methyl sites for hydroxylation is 1. The largest absolute Gasteiger partial charge is 0.295 e. The van der Waals surface area contributed by atoms with Crippen LogP contribution in [0.5, 0.6) is 0 Å². The van der Waals surface area contributed by atoms with Gasteiger partial charge in [-0.3, -0.25) is 4.79 Å². The van der Waals surface area contributed by atoms with E-state index < -0.39 is 0 Å². The van der Waals surface area contributed by atoms with Crippen LogP contribution >= 0.6 is 0 Å². The van der Waals surface area contributed by atoms with Gasteiger partial charge in [-0.1, -0.05) is 49.8 Å². The molecule has 15 heavy (non-hydrogen) atoms. The van der Waals surface area contributed by atoms with Crippen molar-refractivity contribution in [2.75, 3.05) is 0 Å². The lowest BCUT2D eigenvalue weighted by Crippen LogP contribution is -1.98. The summed E-state index contributed by atoms with van der Waals surface area (Å²) in [6.45, 7) is 6.16. The van der Waals surface area contributed by atoms with Crippen LogP contribution in [-0.4, -0.2) is 5.78 Å². The third kappa shape index (κ3) is 4.59. The van der Waals surface area contributed by atoms with Crippen LogP contribution in [0.2, 0.25) is 0 Å². The van der Waals surface area contributed by atoms with Crippen LogP contribution in [0.4, 0.5) is 0 Å². The summed E-state index contributed by atoms with van der Waals surface area (Å²) in [5, 5.41) is 0. The number of ketones is 1. The van der Waals surface area contributed by atoms with E-state index in [0.29, 0.717) is 12.3 Å². The Morgan fingerprint density at radius 3 is 2.40 bits per heavy atom. The molecule has 1 aromatic rings. The molecule has 0 spiro atoms. The fourth-order valence-corrected chi connectivity index (χ4v) is 1.34. The molecule has 0 radical (unpaired) electrons. The zero-order chi connectivity index (χ0) is 11.3. The lowest BCUT2D eigenvalue weighted by Gasteiger charge is -1.99. The molecule has 0 saturated heterocycles. The number of rotatable bonds is 4. The van der Waals surface area contributed by atoms with Gasteiger partial charge in [-0.25, -0.2) is 0 Å². The standard InChI is InChI=1S/C14H18O/c1-11(2)10-14(15)9-8-13-6-4-12(3)5-7-13/h4-9,11H,10H2,1-3H3. The Morgan fingerprint density at radius 1 is 1.27 bits per heavy atom. The highest BCUT2D eigenvalue weighted by molar-refractivity contribution is 5.93. The van der Waals surface area contributed by atoms with E-state index in [1.807, 2.05) is 30.3 Å². The lowest BCUT2D eigenvalue weighted by molar-refractivity contribution is -0.115. The molecular weight excluding hydrogens is 184 g/mol. The van der Waals surface area contributed by atoms with Gasteiger partial charge in [0.25, 0.3) is 0 Å². The maximum absolute atomic E-state index is 11.4. The maximum atomic E-state index is 11.4. The van der Waals surface area contributed by atoms with Crippen LogP contribution in [0.3, 0.4) is 0 Å². The molecule has 0 bridgehead atoms. The number of carbonyl (C=O) groups excluding carboxylic acids is 1. The first-order valence-corrected chi connectivity index (χ1v) is 5.35. The van der Waals surface area contributed by atoms with Gasteiger partial charge in [0.15, 0.2) is 5.78 Å². The van der Waals surface area contributed by atoms with Crippen molar-refractivity contribution in [2.24, 2.45) is 5.92 Å². The Kier molecular flexibility index (Phi) is 4.29. The van der Waals surface area contributed by atoms with E-state index in [0.717, 1.165) is 5.56 Å². The zero-order valence-electron chi connectivity index (χ0n) is 9.66. The van der Waals surface area contributed by atoms with Crippen LogP contribution in [0, 0.1) is 12.8 Å². The molecule has 0 N–H and O–H groups in total. The third-order valence-electron chi connectivity index (χ3n) is 2.15. The Labute approximate surface area is 91.8 Å². The molecular formula is C14H18O. The summed E-state index contributed by atoms with van der Waals surface area (Å²) in [7, 11) is 0. The number of benzene rings is 1. The first kappa shape index (κ1) is 11.7. The van der Waals surface area contributed by atoms with Crippen LogP contribution < -0.4 is 0 Å². The number of carbonyl (C=O) groups is 1. The molecule has 0 aliphatic heterocycles. The lowest BCUT2D eigenvalue weighted by atomic mass is 10.1. The molecule has 0 fully saturated rings. The molecule has 0 unspecified atom stereocenters. The summed E-state index contributed by atoms with van der Waals surface area (Å²) in [6.07, 6.45) is 4.18. The molecule has 0 aliphatic rings. The van der Waals surface area contributed by atoms with E-state index in [1.54, 1.807) is 6.08 Å². The van der Waals surface area contributed by atoms with Crippen molar-refractivity contribution in [1.29, 1.82) is 0 Å². The van der Waals surface area contributed by atoms with Crippen molar-refractivity contribution in [3.8, 4) is 0 Å². The van der Waals surface area contributed by atoms with Crippen molar-refractivity contribution in [2.45, 2.75) is 27.2 Å². The SMILES string of the molecule is Cc1ccc(C=CC(=O)CC(C)C)cc1. The Hall–Kier alpha value is -1.37. The molecule has 0 aromatic heterocycles. The summed E-state index contributed by atoms with van der Waals surface area (Å²) < 4.78 is 0. The highest BCUT2D eigenvalue weighted by Crippen LogP contribution is 2.06. The Balaban J connectivity index is 2.57. The van der Waals surface area contributed by atoms with Gasteiger partial charge < -0.3 is 0 Å². The molecule has 1 aromatic carbocycles. The van der Waals surface area contributed by atoms with E-state index in [-0.39, 0.29) is 5.78 Å². The zero-order valence-corrected chi connectivity index (χ0v) is 9.66. The van der Waals surface area contributed by atoms with Crippen molar-refractivity contribution in [1.82, 2.24) is 0 Å². The predicted molar refractivity (Wildman–Crippen MR) is 64.7 cm³/mol. The van der Waals surface area contributed by atoms with Gasteiger partial charge >= 0.3 is 0 Å². The first-order chi connectivity index (χ1) is 7.08. The molecule has 0 atom stereocenters. The average Bonchev–Trinajstić information content (AvgIpc) is 2.16. The minimum atomic E-state index is 0.200. The van der Waals surface area contributed by atoms with Gasteiger partial charge in [-0.05, 0) is 24.5 Å². The molecule has 1 heteroatoms. The quantitative estimate of drug-likeness (QED) is 0.681. The van der Waals surface area contributed by atoms with Gasteiger partial charge in [0, 0.05) is 6.42 Å². The molecule has 0 aliphatic carbocycles. The molecule has 1 nitrogen and oxygen atoms in total. The van der Waals surface area contributed by atoms with E-state index in [2.05, 4.69) is 20.8 Å². The van der Waals surface area contributed by atoms with E-state index in [4.69, 9.17) is 0 Å². The predicted octanol–water partition coefficient (Wildman–Crippen LogP) is 3.62. The fourth-order valence-electron chi connectivity index (χ4n) is 1.34. The van der Waals surface area contributed by atoms with Crippen LogP contribution in [0.25, 0.3) is 6.08 Å². The highest BCUT2D eigenvalue weighted by Gasteiger charge is 1.99. The number of hydrogen-bond donors (Lipinski definition) is 0. The van der Waals surface area contributed by atoms with Gasteiger partial charge in [0.1, 0.15) is 0 Å². The van der Waals surface area contributed by atoms with Crippen molar-refractivity contribution >= 4 is 11.9 Å². The topological polar surface area (TPSA) is 17.1 Å². The average molecular weight is 202 g/mol. The summed E-state index contributed by atoms with van der Waals surface area (Å²) in [5.74, 6) is 0.630. The molecule has 1 rings (SSSR count). The Bertz CT molecular complexity index is 344. The highest BCUT2D eigenvalue weighted by atomic mass is 16.1. The first-order valence-electron chi connectivity index (χ1n) is 5.35.